The molecule has 0 unspecified atom stereocenters. The molecule has 3 rings (SSSR count). The number of thioether (sulfide) groups is 1. The van der Waals surface area contributed by atoms with Gasteiger partial charge in [-0.1, -0.05) is 47.5 Å². The largest absolute Gasteiger partial charge is 0.280 e. The predicted molar refractivity (Wildman–Crippen MR) is 100 cm³/mol. The van der Waals surface area contributed by atoms with Gasteiger partial charge in [0.15, 0.2) is 0 Å². The Morgan fingerprint density at radius 2 is 1.84 bits per heavy atom. The lowest BCUT2D eigenvalue weighted by Gasteiger charge is -2.05. The average Bonchev–Trinajstić information content (AvgIpc) is 3.00. The van der Waals surface area contributed by atoms with Crippen LogP contribution in [-0.2, 0) is 0 Å². The van der Waals surface area contributed by atoms with Crippen molar-refractivity contribution in [3.8, 4) is 17.3 Å². The summed E-state index contributed by atoms with van der Waals surface area (Å²) in [6.07, 6.45) is 1.79. The van der Waals surface area contributed by atoms with Crippen LogP contribution >= 0.6 is 35.0 Å². The van der Waals surface area contributed by atoms with Crippen molar-refractivity contribution in [2.75, 3.05) is 6.26 Å². The molecule has 0 aliphatic carbocycles. The second-order valence-electron chi connectivity index (χ2n) is 5.05. The monoisotopic (exact) mass is 387 g/mol. The number of aromatic nitrogens is 2. The highest BCUT2D eigenvalue weighted by Gasteiger charge is 2.24. The van der Waals surface area contributed by atoms with Crippen LogP contribution in [-0.4, -0.2) is 21.9 Å². The van der Waals surface area contributed by atoms with E-state index in [9.17, 15) is 10.1 Å². The Morgan fingerprint density at radius 1 is 1.16 bits per heavy atom. The highest BCUT2D eigenvalue weighted by molar-refractivity contribution is 7.98. The first kappa shape index (κ1) is 17.6. The number of carbonyl (C=O) groups is 1. The van der Waals surface area contributed by atoms with E-state index in [0.717, 1.165) is 0 Å². The maximum atomic E-state index is 12.9. The number of nitrogens with zero attached hydrogens (tertiary/aromatic N) is 3. The molecule has 0 N–H and O–H groups in total. The van der Waals surface area contributed by atoms with E-state index in [1.165, 1.54) is 16.4 Å². The number of rotatable bonds is 3. The fraction of sp³-hybridized carbons (Fsp3) is 0.0556. The van der Waals surface area contributed by atoms with Crippen LogP contribution in [0.5, 0.6) is 0 Å². The molecule has 2 aromatic carbocycles. The van der Waals surface area contributed by atoms with Gasteiger partial charge in [-0.3, -0.25) is 4.79 Å². The molecular formula is C18H11Cl2N3OS. The SMILES string of the molecule is CSc1c(C#N)c(-c2ccc(Cl)cc2)nn1C(=O)c1ccccc1Cl. The maximum absolute atomic E-state index is 12.9. The molecule has 0 atom stereocenters. The topological polar surface area (TPSA) is 58.7 Å². The van der Waals surface area contributed by atoms with Crippen LogP contribution in [0.15, 0.2) is 53.6 Å². The van der Waals surface area contributed by atoms with Gasteiger partial charge in [0.1, 0.15) is 22.4 Å². The van der Waals surface area contributed by atoms with Gasteiger partial charge in [0.2, 0.25) is 0 Å². The van der Waals surface area contributed by atoms with Crippen molar-refractivity contribution >= 4 is 40.9 Å². The van der Waals surface area contributed by atoms with Crippen LogP contribution in [0.2, 0.25) is 10.0 Å². The molecule has 0 bridgehead atoms. The lowest BCUT2D eigenvalue weighted by Crippen LogP contribution is -2.15. The van der Waals surface area contributed by atoms with Gasteiger partial charge in [-0.15, -0.1) is 11.8 Å². The van der Waals surface area contributed by atoms with Crippen molar-refractivity contribution in [3.05, 3.63) is 69.7 Å². The van der Waals surface area contributed by atoms with Crippen molar-refractivity contribution in [1.82, 2.24) is 9.78 Å². The van der Waals surface area contributed by atoms with E-state index in [-0.39, 0.29) is 5.91 Å². The van der Waals surface area contributed by atoms with Crippen molar-refractivity contribution in [1.29, 1.82) is 5.26 Å². The van der Waals surface area contributed by atoms with Crippen LogP contribution in [0.3, 0.4) is 0 Å². The van der Waals surface area contributed by atoms with E-state index in [0.29, 0.717) is 37.5 Å². The Morgan fingerprint density at radius 3 is 2.44 bits per heavy atom. The number of halogens is 2. The summed E-state index contributed by atoms with van der Waals surface area (Å²) in [4.78, 5) is 12.9. The summed E-state index contributed by atoms with van der Waals surface area (Å²) >= 11 is 13.3. The molecule has 1 aromatic heterocycles. The van der Waals surface area contributed by atoms with Crippen molar-refractivity contribution < 1.29 is 4.79 Å². The summed E-state index contributed by atoms with van der Waals surface area (Å²) in [6.45, 7) is 0. The number of nitriles is 1. The van der Waals surface area contributed by atoms with Gasteiger partial charge in [0, 0.05) is 10.6 Å². The van der Waals surface area contributed by atoms with Crippen molar-refractivity contribution in [2.24, 2.45) is 0 Å². The maximum Gasteiger partial charge on any atom is 0.280 e. The normalized spacial score (nSPS) is 10.5. The van der Waals surface area contributed by atoms with E-state index >= 15 is 0 Å². The molecule has 7 heteroatoms. The molecule has 0 spiro atoms. The molecule has 0 amide bonds. The third-order valence-electron chi connectivity index (χ3n) is 3.56. The Balaban J connectivity index is 2.18. The summed E-state index contributed by atoms with van der Waals surface area (Å²) in [5.41, 5.74) is 1.82. The molecule has 0 aliphatic rings. The zero-order valence-electron chi connectivity index (χ0n) is 13.0. The highest BCUT2D eigenvalue weighted by Crippen LogP contribution is 2.32. The first-order chi connectivity index (χ1) is 12.1. The van der Waals surface area contributed by atoms with Crippen LogP contribution in [0.25, 0.3) is 11.3 Å². The van der Waals surface area contributed by atoms with Gasteiger partial charge in [-0.25, -0.2) is 0 Å². The van der Waals surface area contributed by atoms with E-state index < -0.39 is 0 Å². The van der Waals surface area contributed by atoms with Gasteiger partial charge in [-0.05, 0) is 30.5 Å². The van der Waals surface area contributed by atoms with E-state index in [4.69, 9.17) is 23.2 Å². The lowest BCUT2D eigenvalue weighted by molar-refractivity contribution is 0.0935. The van der Waals surface area contributed by atoms with Crippen LogP contribution < -0.4 is 0 Å². The zero-order valence-corrected chi connectivity index (χ0v) is 15.4. The number of carbonyl (C=O) groups excluding carboxylic acids is 1. The molecule has 4 nitrogen and oxygen atoms in total. The van der Waals surface area contributed by atoms with Gasteiger partial charge in [-0.2, -0.15) is 15.0 Å². The van der Waals surface area contributed by atoms with Crippen molar-refractivity contribution in [2.45, 2.75) is 5.03 Å². The van der Waals surface area contributed by atoms with E-state index in [1.54, 1.807) is 54.8 Å². The Bertz CT molecular complexity index is 991. The molecule has 124 valence electrons. The van der Waals surface area contributed by atoms with Gasteiger partial charge >= 0.3 is 0 Å². The molecule has 1 heterocycles. The molecule has 0 saturated carbocycles. The first-order valence-corrected chi connectivity index (χ1v) is 9.17. The second-order valence-corrected chi connectivity index (χ2v) is 6.69. The number of hydrogen-bond acceptors (Lipinski definition) is 4. The predicted octanol–water partition coefficient (Wildman–Crippen LogP) is 5.14. The Kier molecular flexibility index (Phi) is 5.14. The smallest absolute Gasteiger partial charge is 0.267 e. The fourth-order valence-electron chi connectivity index (χ4n) is 2.39. The molecule has 0 radical (unpaired) electrons. The van der Waals surface area contributed by atoms with Crippen LogP contribution in [0.4, 0.5) is 0 Å². The molecule has 0 saturated heterocycles. The standard InChI is InChI=1S/C18H11Cl2N3OS/c1-25-18-14(10-21)16(11-6-8-12(19)9-7-11)22-23(18)17(24)13-4-2-3-5-15(13)20/h2-9H,1H3. The Labute approximate surface area is 159 Å². The average molecular weight is 388 g/mol. The highest BCUT2D eigenvalue weighted by atomic mass is 35.5. The summed E-state index contributed by atoms with van der Waals surface area (Å²) in [5.74, 6) is -0.383. The van der Waals surface area contributed by atoms with Crippen LogP contribution in [0.1, 0.15) is 15.9 Å². The number of hydrogen-bond donors (Lipinski definition) is 0. The number of benzene rings is 2. The first-order valence-electron chi connectivity index (χ1n) is 7.19. The summed E-state index contributed by atoms with van der Waals surface area (Å²) in [6, 6.07) is 15.8. The zero-order chi connectivity index (χ0) is 18.0. The summed E-state index contributed by atoms with van der Waals surface area (Å²) < 4.78 is 1.23. The summed E-state index contributed by atoms with van der Waals surface area (Å²) in [5, 5.41) is 15.4. The van der Waals surface area contributed by atoms with E-state index in [1.807, 2.05) is 0 Å². The third kappa shape index (κ3) is 3.29. The minimum Gasteiger partial charge on any atom is -0.267 e. The third-order valence-corrected chi connectivity index (χ3v) is 4.91. The minimum absolute atomic E-state index is 0.328. The van der Waals surface area contributed by atoms with Crippen molar-refractivity contribution in [3.63, 3.8) is 0 Å². The summed E-state index contributed by atoms with van der Waals surface area (Å²) in [7, 11) is 0. The van der Waals surface area contributed by atoms with Gasteiger partial charge < -0.3 is 0 Å². The molecule has 0 aliphatic heterocycles. The second kappa shape index (κ2) is 7.32. The quantitative estimate of drug-likeness (QED) is 0.583. The lowest BCUT2D eigenvalue weighted by atomic mass is 10.1. The Hall–Kier alpha value is -2.26. The van der Waals surface area contributed by atoms with E-state index in [2.05, 4.69) is 11.2 Å². The minimum atomic E-state index is -0.383. The molecule has 25 heavy (non-hydrogen) atoms. The molecule has 0 fully saturated rings. The fourth-order valence-corrected chi connectivity index (χ4v) is 3.37. The van der Waals surface area contributed by atoms with Gasteiger partial charge in [0.25, 0.3) is 5.91 Å². The van der Waals surface area contributed by atoms with Gasteiger partial charge in [0.05, 0.1) is 10.6 Å². The van der Waals surface area contributed by atoms with Crippen LogP contribution in [0, 0.1) is 11.3 Å². The molecule has 3 aromatic rings. The molecular weight excluding hydrogens is 377 g/mol.